The van der Waals surface area contributed by atoms with E-state index in [1.54, 1.807) is 6.20 Å². The highest BCUT2D eigenvalue weighted by molar-refractivity contribution is 5.82. The lowest BCUT2D eigenvalue weighted by molar-refractivity contribution is -0.120. The second-order valence-corrected chi connectivity index (χ2v) is 7.69. The SMILES string of the molecule is CCN(CCNC(=O)Cc1ccc2cccnc2c1)CC(C)CC(C)C. The lowest BCUT2D eigenvalue weighted by atomic mass is 9.98. The van der Waals surface area contributed by atoms with Crippen molar-refractivity contribution in [3.05, 3.63) is 42.1 Å². The molecule has 0 aliphatic carbocycles. The van der Waals surface area contributed by atoms with Crippen LogP contribution in [0.1, 0.15) is 39.7 Å². The number of nitrogens with zero attached hydrogens (tertiary/aromatic N) is 2. The van der Waals surface area contributed by atoms with Gasteiger partial charge in [0.05, 0.1) is 11.9 Å². The number of likely N-dealkylation sites (N-methyl/N-ethyl adjacent to an activating group) is 1. The number of carbonyl (C=O) groups is 1. The Morgan fingerprint density at radius 3 is 2.77 bits per heavy atom. The van der Waals surface area contributed by atoms with Crippen molar-refractivity contribution < 1.29 is 4.79 Å². The predicted octanol–water partition coefficient (Wildman–Crippen LogP) is 3.90. The number of benzene rings is 1. The van der Waals surface area contributed by atoms with Crippen molar-refractivity contribution in [1.29, 1.82) is 0 Å². The third-order valence-electron chi connectivity index (χ3n) is 4.68. The maximum atomic E-state index is 12.2. The van der Waals surface area contributed by atoms with Crippen molar-refractivity contribution in [1.82, 2.24) is 15.2 Å². The zero-order valence-corrected chi connectivity index (χ0v) is 16.7. The molecule has 1 aromatic carbocycles. The predicted molar refractivity (Wildman–Crippen MR) is 109 cm³/mol. The molecule has 1 atom stereocenters. The Morgan fingerprint density at radius 1 is 1.23 bits per heavy atom. The third kappa shape index (κ3) is 6.75. The molecule has 2 aromatic rings. The molecule has 1 aromatic heterocycles. The van der Waals surface area contributed by atoms with Crippen LogP contribution < -0.4 is 5.32 Å². The summed E-state index contributed by atoms with van der Waals surface area (Å²) in [5.41, 5.74) is 1.95. The number of hydrogen-bond donors (Lipinski definition) is 1. The molecule has 0 aliphatic heterocycles. The summed E-state index contributed by atoms with van der Waals surface area (Å²) < 4.78 is 0. The maximum Gasteiger partial charge on any atom is 0.224 e. The van der Waals surface area contributed by atoms with E-state index in [0.29, 0.717) is 18.9 Å². The number of rotatable bonds is 10. The number of hydrogen-bond acceptors (Lipinski definition) is 3. The average molecular weight is 356 g/mol. The molecule has 1 amide bonds. The molecule has 4 heteroatoms. The summed E-state index contributed by atoms with van der Waals surface area (Å²) in [4.78, 5) is 19.0. The van der Waals surface area contributed by atoms with Gasteiger partial charge in [0.25, 0.3) is 0 Å². The smallest absolute Gasteiger partial charge is 0.224 e. The average Bonchev–Trinajstić information content (AvgIpc) is 2.60. The quantitative estimate of drug-likeness (QED) is 0.703. The van der Waals surface area contributed by atoms with Gasteiger partial charge >= 0.3 is 0 Å². The van der Waals surface area contributed by atoms with Gasteiger partial charge in [0.1, 0.15) is 0 Å². The zero-order chi connectivity index (χ0) is 18.9. The Labute approximate surface area is 158 Å². The van der Waals surface area contributed by atoms with E-state index in [4.69, 9.17) is 0 Å². The standard InChI is InChI=1S/C22H33N3O/c1-5-25(16-18(4)13-17(2)3)12-11-24-22(26)15-19-8-9-20-7-6-10-23-21(20)14-19/h6-10,14,17-18H,5,11-13,15-16H2,1-4H3,(H,24,26). The highest BCUT2D eigenvalue weighted by atomic mass is 16.1. The summed E-state index contributed by atoms with van der Waals surface area (Å²) in [5.74, 6) is 1.50. The molecule has 26 heavy (non-hydrogen) atoms. The summed E-state index contributed by atoms with van der Waals surface area (Å²) in [7, 11) is 0. The number of aromatic nitrogens is 1. The zero-order valence-electron chi connectivity index (χ0n) is 16.7. The largest absolute Gasteiger partial charge is 0.355 e. The Bertz CT molecular complexity index is 699. The Balaban J connectivity index is 1.76. The topological polar surface area (TPSA) is 45.2 Å². The second-order valence-electron chi connectivity index (χ2n) is 7.69. The summed E-state index contributed by atoms with van der Waals surface area (Å²) in [6.45, 7) is 12.8. The molecule has 0 spiro atoms. The highest BCUT2D eigenvalue weighted by Crippen LogP contribution is 2.14. The second kappa shape index (κ2) is 10.3. The Kier molecular flexibility index (Phi) is 8.05. The summed E-state index contributed by atoms with van der Waals surface area (Å²) in [6, 6.07) is 10.00. The van der Waals surface area contributed by atoms with Crippen molar-refractivity contribution in [2.75, 3.05) is 26.2 Å². The van der Waals surface area contributed by atoms with Crippen LogP contribution in [0, 0.1) is 11.8 Å². The number of fused-ring (bicyclic) bond motifs is 1. The molecule has 4 nitrogen and oxygen atoms in total. The first kappa shape index (κ1) is 20.4. The molecule has 0 bridgehead atoms. The molecule has 142 valence electrons. The van der Waals surface area contributed by atoms with Crippen LogP contribution in [0.5, 0.6) is 0 Å². The molecule has 0 saturated carbocycles. The van der Waals surface area contributed by atoms with Crippen LogP contribution in [-0.4, -0.2) is 42.0 Å². The summed E-state index contributed by atoms with van der Waals surface area (Å²) >= 11 is 0. The van der Waals surface area contributed by atoms with Gasteiger partial charge in [-0.25, -0.2) is 0 Å². The number of nitrogens with one attached hydrogen (secondary N) is 1. The van der Waals surface area contributed by atoms with Crippen LogP contribution >= 0.6 is 0 Å². The summed E-state index contributed by atoms with van der Waals surface area (Å²) in [6.07, 6.45) is 3.44. The monoisotopic (exact) mass is 355 g/mol. The first-order valence-corrected chi connectivity index (χ1v) is 9.80. The fraction of sp³-hybridized carbons (Fsp3) is 0.545. The van der Waals surface area contributed by atoms with E-state index < -0.39 is 0 Å². The van der Waals surface area contributed by atoms with Crippen molar-refractivity contribution in [2.45, 2.75) is 40.5 Å². The molecule has 1 N–H and O–H groups in total. The van der Waals surface area contributed by atoms with E-state index in [-0.39, 0.29) is 5.91 Å². The molecule has 0 radical (unpaired) electrons. The first-order chi connectivity index (χ1) is 12.5. The molecule has 0 saturated heterocycles. The molecule has 1 heterocycles. The van der Waals surface area contributed by atoms with E-state index in [1.807, 2.05) is 30.3 Å². The first-order valence-electron chi connectivity index (χ1n) is 9.80. The van der Waals surface area contributed by atoms with Gasteiger partial charge in [-0.05, 0) is 42.5 Å². The lowest BCUT2D eigenvalue weighted by Gasteiger charge is -2.25. The molecular weight excluding hydrogens is 322 g/mol. The van der Waals surface area contributed by atoms with Gasteiger partial charge in [0, 0.05) is 31.2 Å². The minimum atomic E-state index is 0.0755. The van der Waals surface area contributed by atoms with Crippen LogP contribution in [0.15, 0.2) is 36.5 Å². The molecule has 0 fully saturated rings. The van der Waals surface area contributed by atoms with Gasteiger partial charge in [0.15, 0.2) is 0 Å². The van der Waals surface area contributed by atoms with Crippen molar-refractivity contribution >= 4 is 16.8 Å². The van der Waals surface area contributed by atoms with Gasteiger partial charge in [-0.2, -0.15) is 0 Å². The molecule has 0 aliphatic rings. The Hall–Kier alpha value is -1.94. The van der Waals surface area contributed by atoms with Crippen molar-refractivity contribution in [3.63, 3.8) is 0 Å². The van der Waals surface area contributed by atoms with Crippen LogP contribution in [0.2, 0.25) is 0 Å². The van der Waals surface area contributed by atoms with Gasteiger partial charge in [-0.1, -0.05) is 45.9 Å². The van der Waals surface area contributed by atoms with Gasteiger partial charge in [-0.15, -0.1) is 0 Å². The summed E-state index contributed by atoms with van der Waals surface area (Å²) in [5, 5.41) is 4.16. The minimum Gasteiger partial charge on any atom is -0.355 e. The molecule has 2 rings (SSSR count). The van der Waals surface area contributed by atoms with Gasteiger partial charge < -0.3 is 10.2 Å². The molecule has 1 unspecified atom stereocenters. The lowest BCUT2D eigenvalue weighted by Crippen LogP contribution is -2.37. The van der Waals surface area contributed by atoms with E-state index in [1.165, 1.54) is 6.42 Å². The minimum absolute atomic E-state index is 0.0755. The number of pyridine rings is 1. The maximum absolute atomic E-state index is 12.2. The van der Waals surface area contributed by atoms with E-state index in [9.17, 15) is 4.79 Å². The highest BCUT2D eigenvalue weighted by Gasteiger charge is 2.11. The van der Waals surface area contributed by atoms with E-state index >= 15 is 0 Å². The number of amides is 1. The van der Waals surface area contributed by atoms with Crippen molar-refractivity contribution in [3.8, 4) is 0 Å². The van der Waals surface area contributed by atoms with E-state index in [2.05, 4.69) is 42.9 Å². The fourth-order valence-electron chi connectivity index (χ4n) is 3.52. The van der Waals surface area contributed by atoms with E-state index in [0.717, 1.165) is 42.0 Å². The van der Waals surface area contributed by atoms with Gasteiger partial charge in [-0.3, -0.25) is 9.78 Å². The third-order valence-corrected chi connectivity index (χ3v) is 4.68. The fourth-order valence-corrected chi connectivity index (χ4v) is 3.52. The number of carbonyl (C=O) groups excluding carboxylic acids is 1. The van der Waals surface area contributed by atoms with Crippen LogP contribution in [0.3, 0.4) is 0 Å². The molecular formula is C22H33N3O. The van der Waals surface area contributed by atoms with Crippen LogP contribution in [0.4, 0.5) is 0 Å². The Morgan fingerprint density at radius 2 is 2.04 bits per heavy atom. The van der Waals surface area contributed by atoms with Gasteiger partial charge in [0.2, 0.25) is 5.91 Å². The normalized spacial score (nSPS) is 12.7. The van der Waals surface area contributed by atoms with Crippen LogP contribution in [0.25, 0.3) is 10.9 Å². The van der Waals surface area contributed by atoms with Crippen molar-refractivity contribution in [2.24, 2.45) is 11.8 Å². The van der Waals surface area contributed by atoms with Crippen LogP contribution in [-0.2, 0) is 11.2 Å².